The van der Waals surface area contributed by atoms with Crippen molar-refractivity contribution in [2.24, 2.45) is 0 Å². The lowest BCUT2D eigenvalue weighted by molar-refractivity contribution is 0.884. The summed E-state index contributed by atoms with van der Waals surface area (Å²) in [4.78, 5) is 3.95. The van der Waals surface area contributed by atoms with E-state index in [1.165, 1.54) is 0 Å². The number of hydrogen-bond donors (Lipinski definition) is 2. The molecule has 0 radical (unpaired) electrons. The first kappa shape index (κ1) is 11.7. The number of hydrogen-bond acceptors (Lipinski definition) is 3. The van der Waals surface area contributed by atoms with E-state index in [0.29, 0.717) is 5.02 Å². The Hall–Kier alpha value is -1.74. The molecule has 0 aliphatic carbocycles. The van der Waals surface area contributed by atoms with Crippen molar-refractivity contribution in [1.29, 1.82) is 0 Å². The van der Waals surface area contributed by atoms with Crippen LogP contribution in [-0.4, -0.2) is 4.98 Å². The van der Waals surface area contributed by atoms with Crippen molar-refractivity contribution in [1.82, 2.24) is 4.98 Å². The molecule has 2 aromatic rings. The molecular weight excluding hydrogens is 234 g/mol. The third-order valence-electron chi connectivity index (χ3n) is 2.58. The van der Waals surface area contributed by atoms with Crippen LogP contribution in [0.25, 0.3) is 0 Å². The van der Waals surface area contributed by atoms with Crippen molar-refractivity contribution in [2.45, 2.75) is 13.0 Å². The molecule has 4 heteroatoms. The number of rotatable bonds is 3. The van der Waals surface area contributed by atoms with E-state index in [-0.39, 0.29) is 6.04 Å². The SMILES string of the molecule is CC(Nc1ccncc1Cl)c1ccc(N)cc1. The first-order chi connectivity index (χ1) is 8.16. The Morgan fingerprint density at radius 2 is 1.94 bits per heavy atom. The maximum atomic E-state index is 6.04. The molecule has 0 aliphatic heterocycles. The van der Waals surface area contributed by atoms with Crippen LogP contribution in [-0.2, 0) is 0 Å². The van der Waals surface area contributed by atoms with Crippen molar-refractivity contribution >= 4 is 23.0 Å². The molecule has 88 valence electrons. The highest BCUT2D eigenvalue weighted by Gasteiger charge is 2.07. The van der Waals surface area contributed by atoms with Gasteiger partial charge in [0.25, 0.3) is 0 Å². The second kappa shape index (κ2) is 5.06. The predicted molar refractivity (Wildman–Crippen MR) is 72.1 cm³/mol. The molecule has 3 N–H and O–H groups in total. The molecule has 0 aliphatic rings. The molecule has 1 heterocycles. The zero-order valence-corrected chi connectivity index (χ0v) is 10.3. The highest BCUT2D eigenvalue weighted by Crippen LogP contribution is 2.25. The lowest BCUT2D eigenvalue weighted by Crippen LogP contribution is -2.07. The van der Waals surface area contributed by atoms with Crippen LogP contribution in [0.1, 0.15) is 18.5 Å². The van der Waals surface area contributed by atoms with E-state index < -0.39 is 0 Å². The van der Waals surface area contributed by atoms with Crippen LogP contribution in [0.3, 0.4) is 0 Å². The van der Waals surface area contributed by atoms with Gasteiger partial charge in [-0.25, -0.2) is 0 Å². The fraction of sp³-hybridized carbons (Fsp3) is 0.154. The van der Waals surface area contributed by atoms with E-state index in [1.54, 1.807) is 12.4 Å². The molecule has 0 spiro atoms. The third kappa shape index (κ3) is 2.88. The molecular formula is C13H14ClN3. The minimum absolute atomic E-state index is 0.162. The van der Waals surface area contributed by atoms with E-state index in [1.807, 2.05) is 30.3 Å². The monoisotopic (exact) mass is 247 g/mol. The Morgan fingerprint density at radius 1 is 1.24 bits per heavy atom. The molecule has 1 unspecified atom stereocenters. The summed E-state index contributed by atoms with van der Waals surface area (Å²) in [5.74, 6) is 0. The number of nitrogen functional groups attached to an aromatic ring is 1. The average molecular weight is 248 g/mol. The maximum Gasteiger partial charge on any atom is 0.0820 e. The van der Waals surface area contributed by atoms with Gasteiger partial charge in [0.15, 0.2) is 0 Å². The van der Waals surface area contributed by atoms with Crippen molar-refractivity contribution in [2.75, 3.05) is 11.1 Å². The molecule has 3 nitrogen and oxygen atoms in total. The van der Waals surface area contributed by atoms with E-state index >= 15 is 0 Å². The minimum Gasteiger partial charge on any atom is -0.399 e. The Labute approximate surface area is 106 Å². The molecule has 1 aromatic carbocycles. The Morgan fingerprint density at radius 3 is 2.59 bits per heavy atom. The fourth-order valence-corrected chi connectivity index (χ4v) is 1.77. The molecule has 17 heavy (non-hydrogen) atoms. The summed E-state index contributed by atoms with van der Waals surface area (Å²) in [6.45, 7) is 2.07. The number of pyridine rings is 1. The first-order valence-electron chi connectivity index (χ1n) is 5.38. The van der Waals surface area contributed by atoms with Crippen molar-refractivity contribution in [3.8, 4) is 0 Å². The molecule has 1 atom stereocenters. The second-order valence-electron chi connectivity index (χ2n) is 3.89. The lowest BCUT2D eigenvalue weighted by atomic mass is 10.1. The normalized spacial score (nSPS) is 12.1. The highest BCUT2D eigenvalue weighted by atomic mass is 35.5. The smallest absolute Gasteiger partial charge is 0.0820 e. The van der Waals surface area contributed by atoms with E-state index in [9.17, 15) is 0 Å². The van der Waals surface area contributed by atoms with E-state index in [4.69, 9.17) is 17.3 Å². The number of aromatic nitrogens is 1. The molecule has 0 saturated heterocycles. The van der Waals surface area contributed by atoms with Gasteiger partial charge in [-0.15, -0.1) is 0 Å². The van der Waals surface area contributed by atoms with Gasteiger partial charge >= 0.3 is 0 Å². The molecule has 0 amide bonds. The van der Waals surface area contributed by atoms with Gasteiger partial charge in [-0.05, 0) is 30.7 Å². The lowest BCUT2D eigenvalue weighted by Gasteiger charge is -2.16. The predicted octanol–water partition coefficient (Wildman–Crippen LogP) is 3.49. The van der Waals surface area contributed by atoms with E-state index in [2.05, 4.69) is 17.2 Å². The number of nitrogens with two attached hydrogens (primary N) is 1. The minimum atomic E-state index is 0.162. The van der Waals surface area contributed by atoms with Crippen molar-refractivity contribution in [3.05, 3.63) is 53.3 Å². The Kier molecular flexibility index (Phi) is 3.49. The molecule has 0 saturated carbocycles. The third-order valence-corrected chi connectivity index (χ3v) is 2.88. The van der Waals surface area contributed by atoms with Crippen LogP contribution < -0.4 is 11.1 Å². The quantitative estimate of drug-likeness (QED) is 0.817. The van der Waals surface area contributed by atoms with Gasteiger partial charge in [0.05, 0.1) is 10.7 Å². The highest BCUT2D eigenvalue weighted by molar-refractivity contribution is 6.33. The van der Waals surface area contributed by atoms with Crippen molar-refractivity contribution in [3.63, 3.8) is 0 Å². The number of anilines is 2. The Balaban J connectivity index is 2.14. The molecule has 2 rings (SSSR count). The number of benzene rings is 1. The second-order valence-corrected chi connectivity index (χ2v) is 4.30. The summed E-state index contributed by atoms with van der Waals surface area (Å²) in [6, 6.07) is 9.81. The molecule has 1 aromatic heterocycles. The molecule has 0 fully saturated rings. The number of nitrogens with zero attached hydrogens (tertiary/aromatic N) is 1. The van der Waals surface area contributed by atoms with Gasteiger partial charge in [-0.1, -0.05) is 23.7 Å². The van der Waals surface area contributed by atoms with Gasteiger partial charge in [0, 0.05) is 24.1 Å². The summed E-state index contributed by atoms with van der Waals surface area (Å²) < 4.78 is 0. The van der Waals surface area contributed by atoms with Gasteiger partial charge in [0.2, 0.25) is 0 Å². The van der Waals surface area contributed by atoms with Gasteiger partial charge in [-0.2, -0.15) is 0 Å². The standard InChI is InChI=1S/C13H14ClN3/c1-9(10-2-4-11(15)5-3-10)17-13-6-7-16-8-12(13)14/h2-9H,15H2,1H3,(H,16,17). The van der Waals surface area contributed by atoms with Crippen LogP contribution >= 0.6 is 11.6 Å². The van der Waals surface area contributed by atoms with Crippen LogP contribution in [0.4, 0.5) is 11.4 Å². The topological polar surface area (TPSA) is 50.9 Å². The summed E-state index contributed by atoms with van der Waals surface area (Å²) in [6.07, 6.45) is 3.34. The zero-order chi connectivity index (χ0) is 12.3. The largest absolute Gasteiger partial charge is 0.399 e. The zero-order valence-electron chi connectivity index (χ0n) is 9.52. The van der Waals surface area contributed by atoms with E-state index in [0.717, 1.165) is 16.9 Å². The van der Waals surface area contributed by atoms with Gasteiger partial charge in [0.1, 0.15) is 0 Å². The number of halogens is 1. The fourth-order valence-electron chi connectivity index (χ4n) is 1.59. The van der Waals surface area contributed by atoms with Crippen LogP contribution in [0, 0.1) is 0 Å². The number of nitrogens with one attached hydrogen (secondary N) is 1. The molecule has 0 bridgehead atoms. The average Bonchev–Trinajstić information content (AvgIpc) is 2.33. The summed E-state index contributed by atoms with van der Waals surface area (Å²) in [5.41, 5.74) is 8.46. The maximum absolute atomic E-state index is 6.04. The summed E-state index contributed by atoms with van der Waals surface area (Å²) in [7, 11) is 0. The summed E-state index contributed by atoms with van der Waals surface area (Å²) in [5, 5.41) is 3.95. The Bertz CT molecular complexity index is 496. The van der Waals surface area contributed by atoms with Gasteiger partial charge < -0.3 is 11.1 Å². The van der Waals surface area contributed by atoms with Crippen LogP contribution in [0.5, 0.6) is 0 Å². The summed E-state index contributed by atoms with van der Waals surface area (Å²) >= 11 is 6.04. The van der Waals surface area contributed by atoms with Gasteiger partial charge in [-0.3, -0.25) is 4.98 Å². The van der Waals surface area contributed by atoms with Crippen molar-refractivity contribution < 1.29 is 0 Å². The van der Waals surface area contributed by atoms with Crippen LogP contribution in [0.2, 0.25) is 5.02 Å². The first-order valence-corrected chi connectivity index (χ1v) is 5.76. The van der Waals surface area contributed by atoms with Crippen LogP contribution in [0.15, 0.2) is 42.7 Å².